The van der Waals surface area contributed by atoms with Crippen LogP contribution in [0.4, 0.5) is 5.69 Å². The molecule has 0 aliphatic heterocycles. The largest absolute Gasteiger partial charge is 0.463 e. The van der Waals surface area contributed by atoms with Crippen LogP contribution in [0.1, 0.15) is 5.56 Å². The number of hydrogen-bond acceptors (Lipinski definition) is 3. The third-order valence-electron chi connectivity index (χ3n) is 1.55. The van der Waals surface area contributed by atoms with Crippen molar-refractivity contribution in [2.45, 2.75) is 13.2 Å². The standard InChI is InChI=1S/C9H11ClNO2/c1-5-3-9(13-6(2)12)8(11)4-7(5)10/h3-4,6,12H,2,11H2,1H3. The number of ether oxygens (including phenoxy) is 1. The molecule has 0 spiro atoms. The van der Waals surface area contributed by atoms with E-state index in [1.165, 1.54) is 0 Å². The molecule has 0 bridgehead atoms. The van der Waals surface area contributed by atoms with Gasteiger partial charge in [-0.25, -0.2) is 0 Å². The highest BCUT2D eigenvalue weighted by Crippen LogP contribution is 2.28. The number of halogens is 1. The lowest BCUT2D eigenvalue weighted by Gasteiger charge is -2.12. The summed E-state index contributed by atoms with van der Waals surface area (Å²) in [6, 6.07) is 3.24. The highest BCUT2D eigenvalue weighted by atomic mass is 35.5. The minimum Gasteiger partial charge on any atom is -0.463 e. The molecule has 0 saturated heterocycles. The number of nitrogen functional groups attached to an aromatic ring is 1. The molecule has 0 heterocycles. The molecule has 4 heteroatoms. The first-order valence-electron chi connectivity index (χ1n) is 3.74. The molecule has 0 saturated carbocycles. The Hall–Kier alpha value is -0.930. The van der Waals surface area contributed by atoms with Crippen LogP contribution < -0.4 is 10.5 Å². The van der Waals surface area contributed by atoms with Crippen LogP contribution >= 0.6 is 11.6 Å². The second-order valence-electron chi connectivity index (χ2n) is 2.71. The van der Waals surface area contributed by atoms with Crippen molar-refractivity contribution >= 4 is 17.3 Å². The van der Waals surface area contributed by atoms with E-state index in [9.17, 15) is 0 Å². The number of aliphatic hydroxyl groups is 1. The molecule has 0 aromatic heterocycles. The fraction of sp³-hybridized carbons (Fsp3) is 0.222. The molecule has 0 amide bonds. The number of anilines is 1. The lowest BCUT2D eigenvalue weighted by molar-refractivity contribution is 0.0228. The van der Waals surface area contributed by atoms with Crippen molar-refractivity contribution in [2.24, 2.45) is 0 Å². The number of nitrogens with two attached hydrogens (primary N) is 1. The maximum atomic E-state index is 8.87. The molecule has 1 radical (unpaired) electrons. The van der Waals surface area contributed by atoms with Crippen LogP contribution in [0.3, 0.4) is 0 Å². The molecule has 3 nitrogen and oxygen atoms in total. The fourth-order valence-corrected chi connectivity index (χ4v) is 1.09. The Bertz CT molecular complexity index is 313. The average molecular weight is 201 g/mol. The van der Waals surface area contributed by atoms with E-state index in [1.807, 2.05) is 6.92 Å². The first-order valence-corrected chi connectivity index (χ1v) is 4.12. The number of aliphatic hydroxyl groups excluding tert-OH is 1. The SMILES string of the molecule is [CH2]C(O)Oc1cc(C)c(Cl)cc1N. The maximum absolute atomic E-state index is 8.87. The predicted octanol–water partition coefficient (Wildman–Crippen LogP) is 1.76. The van der Waals surface area contributed by atoms with Gasteiger partial charge < -0.3 is 15.6 Å². The van der Waals surface area contributed by atoms with Gasteiger partial charge in [-0.05, 0) is 24.6 Å². The molecule has 3 N–H and O–H groups in total. The van der Waals surface area contributed by atoms with E-state index in [0.717, 1.165) is 5.56 Å². The van der Waals surface area contributed by atoms with Gasteiger partial charge >= 0.3 is 0 Å². The monoisotopic (exact) mass is 200 g/mol. The van der Waals surface area contributed by atoms with Gasteiger partial charge in [0, 0.05) is 11.9 Å². The van der Waals surface area contributed by atoms with E-state index in [-0.39, 0.29) is 0 Å². The first-order chi connectivity index (χ1) is 6.00. The second-order valence-corrected chi connectivity index (χ2v) is 3.12. The summed E-state index contributed by atoms with van der Waals surface area (Å²) in [6.45, 7) is 5.10. The molecule has 1 unspecified atom stereocenters. The van der Waals surface area contributed by atoms with Crippen LogP contribution in [0.5, 0.6) is 5.75 Å². The van der Waals surface area contributed by atoms with Gasteiger partial charge in [-0.3, -0.25) is 0 Å². The Labute approximate surface area is 82.1 Å². The molecular weight excluding hydrogens is 190 g/mol. The number of aryl methyl sites for hydroxylation is 1. The van der Waals surface area contributed by atoms with E-state index in [0.29, 0.717) is 16.5 Å². The van der Waals surface area contributed by atoms with Gasteiger partial charge in [0.2, 0.25) is 0 Å². The van der Waals surface area contributed by atoms with E-state index in [1.54, 1.807) is 12.1 Å². The second kappa shape index (κ2) is 3.85. The van der Waals surface area contributed by atoms with Crippen LogP contribution in [-0.4, -0.2) is 11.4 Å². The van der Waals surface area contributed by atoms with Crippen molar-refractivity contribution in [2.75, 3.05) is 5.73 Å². The summed E-state index contributed by atoms with van der Waals surface area (Å²) in [5.41, 5.74) is 6.82. The molecule has 1 rings (SSSR count). The summed E-state index contributed by atoms with van der Waals surface area (Å²) in [5, 5.41) is 9.44. The third kappa shape index (κ3) is 2.50. The fourth-order valence-electron chi connectivity index (χ4n) is 0.919. The van der Waals surface area contributed by atoms with Gasteiger partial charge in [-0.1, -0.05) is 11.6 Å². The van der Waals surface area contributed by atoms with Crippen LogP contribution in [0.25, 0.3) is 0 Å². The Kier molecular flexibility index (Phi) is 3.01. The molecule has 13 heavy (non-hydrogen) atoms. The van der Waals surface area contributed by atoms with Crippen molar-refractivity contribution in [1.82, 2.24) is 0 Å². The Morgan fingerprint density at radius 3 is 2.77 bits per heavy atom. The van der Waals surface area contributed by atoms with Crippen molar-refractivity contribution in [1.29, 1.82) is 0 Å². The number of benzene rings is 1. The molecule has 1 aromatic carbocycles. The highest BCUT2D eigenvalue weighted by molar-refractivity contribution is 6.31. The minimum absolute atomic E-state index is 0.387. The van der Waals surface area contributed by atoms with Gasteiger partial charge in [0.25, 0.3) is 0 Å². The van der Waals surface area contributed by atoms with Gasteiger partial charge in [-0.2, -0.15) is 0 Å². The van der Waals surface area contributed by atoms with Gasteiger partial charge in [-0.15, -0.1) is 0 Å². The van der Waals surface area contributed by atoms with E-state index in [2.05, 4.69) is 6.92 Å². The Balaban J connectivity index is 3.01. The highest BCUT2D eigenvalue weighted by Gasteiger charge is 2.06. The van der Waals surface area contributed by atoms with Crippen LogP contribution in [0.2, 0.25) is 5.02 Å². The maximum Gasteiger partial charge on any atom is 0.197 e. The van der Waals surface area contributed by atoms with E-state index >= 15 is 0 Å². The summed E-state index contributed by atoms with van der Waals surface area (Å²) in [4.78, 5) is 0. The van der Waals surface area contributed by atoms with Gasteiger partial charge in [0.15, 0.2) is 6.29 Å². The lowest BCUT2D eigenvalue weighted by atomic mass is 10.2. The molecular formula is C9H11ClNO2. The lowest BCUT2D eigenvalue weighted by Crippen LogP contribution is -2.11. The smallest absolute Gasteiger partial charge is 0.197 e. The van der Waals surface area contributed by atoms with Crippen molar-refractivity contribution < 1.29 is 9.84 Å². The topological polar surface area (TPSA) is 55.5 Å². The van der Waals surface area contributed by atoms with E-state index < -0.39 is 6.29 Å². The summed E-state index contributed by atoms with van der Waals surface area (Å²) in [7, 11) is 0. The zero-order valence-corrected chi connectivity index (χ0v) is 8.01. The molecule has 0 aliphatic rings. The van der Waals surface area contributed by atoms with Crippen LogP contribution in [0.15, 0.2) is 12.1 Å². The molecule has 71 valence electrons. The third-order valence-corrected chi connectivity index (χ3v) is 1.96. The minimum atomic E-state index is -1.12. The summed E-state index contributed by atoms with van der Waals surface area (Å²) >= 11 is 5.81. The number of hydrogen-bond donors (Lipinski definition) is 2. The number of rotatable bonds is 2. The Morgan fingerprint density at radius 2 is 2.23 bits per heavy atom. The molecule has 0 fully saturated rings. The zero-order valence-electron chi connectivity index (χ0n) is 7.25. The zero-order chi connectivity index (χ0) is 10.0. The van der Waals surface area contributed by atoms with Crippen LogP contribution in [0, 0.1) is 13.8 Å². The van der Waals surface area contributed by atoms with E-state index in [4.69, 9.17) is 27.2 Å². The van der Waals surface area contributed by atoms with Gasteiger partial charge in [0.1, 0.15) is 5.75 Å². The Morgan fingerprint density at radius 1 is 1.62 bits per heavy atom. The summed E-state index contributed by atoms with van der Waals surface area (Å²) in [5.74, 6) is 0.393. The molecule has 1 atom stereocenters. The van der Waals surface area contributed by atoms with Gasteiger partial charge in [0.05, 0.1) is 5.69 Å². The molecule has 1 aromatic rings. The van der Waals surface area contributed by atoms with Crippen LogP contribution in [-0.2, 0) is 0 Å². The average Bonchev–Trinajstić information content (AvgIpc) is 1.99. The normalized spacial score (nSPS) is 12.6. The predicted molar refractivity (Wildman–Crippen MR) is 52.6 cm³/mol. The summed E-state index contributed by atoms with van der Waals surface area (Å²) in [6.07, 6.45) is -1.12. The summed E-state index contributed by atoms with van der Waals surface area (Å²) < 4.78 is 4.94. The first kappa shape index (κ1) is 10.2. The van der Waals surface area contributed by atoms with Crippen molar-refractivity contribution in [3.8, 4) is 5.75 Å². The van der Waals surface area contributed by atoms with Crippen molar-refractivity contribution in [3.63, 3.8) is 0 Å². The van der Waals surface area contributed by atoms with Crippen molar-refractivity contribution in [3.05, 3.63) is 29.6 Å². The molecule has 0 aliphatic carbocycles. The quantitative estimate of drug-likeness (QED) is 0.565.